The third-order valence-electron chi connectivity index (χ3n) is 4.94. The first-order valence-electron chi connectivity index (χ1n) is 9.30. The second-order valence-electron chi connectivity index (χ2n) is 6.95. The molecule has 146 valence electrons. The maximum absolute atomic E-state index is 11.1. The number of aromatic carboxylic acids is 1. The normalized spacial score (nSPS) is 20.8. The zero-order chi connectivity index (χ0) is 20.1. The van der Waals surface area contributed by atoms with Gasteiger partial charge in [-0.05, 0) is 56.9 Å². The molecule has 3 rings (SSSR count). The van der Waals surface area contributed by atoms with Gasteiger partial charge in [-0.1, -0.05) is 12.1 Å². The molecular formula is C21H24N4O3. The topological polar surface area (TPSA) is 122 Å². The summed E-state index contributed by atoms with van der Waals surface area (Å²) in [6.45, 7) is 1.90. The summed E-state index contributed by atoms with van der Waals surface area (Å²) in [6.07, 6.45) is 4.53. The van der Waals surface area contributed by atoms with E-state index < -0.39 is 5.97 Å². The van der Waals surface area contributed by atoms with E-state index in [2.05, 4.69) is 10.2 Å². The van der Waals surface area contributed by atoms with Gasteiger partial charge in [0.25, 0.3) is 0 Å². The first-order valence-corrected chi connectivity index (χ1v) is 9.30. The summed E-state index contributed by atoms with van der Waals surface area (Å²) in [5.41, 5.74) is 9.40. The SMILES string of the molecule is CC(=NC1CCC(O)CC1)/C(=C\N)c1ccc(-c2cccc(C(=O)O)c2)nn1. The molecular weight excluding hydrogens is 356 g/mol. The number of carboxylic acid groups (broad SMARTS) is 1. The van der Waals surface area contributed by atoms with Crippen LogP contribution >= 0.6 is 0 Å². The van der Waals surface area contributed by atoms with Crippen molar-refractivity contribution in [3.63, 3.8) is 0 Å². The lowest BCUT2D eigenvalue weighted by molar-refractivity contribution is 0.0697. The maximum atomic E-state index is 11.1. The first kappa shape index (κ1) is 19.7. The number of aliphatic hydroxyl groups is 1. The van der Waals surface area contributed by atoms with E-state index >= 15 is 0 Å². The molecule has 7 heteroatoms. The molecule has 0 bridgehead atoms. The van der Waals surface area contributed by atoms with Crippen LogP contribution in [0.25, 0.3) is 16.8 Å². The van der Waals surface area contributed by atoms with Crippen LogP contribution in [0, 0.1) is 0 Å². The van der Waals surface area contributed by atoms with Crippen LogP contribution in [0.5, 0.6) is 0 Å². The van der Waals surface area contributed by atoms with Crippen LogP contribution in [0.15, 0.2) is 47.6 Å². The number of hydrogen-bond donors (Lipinski definition) is 3. The summed E-state index contributed by atoms with van der Waals surface area (Å²) >= 11 is 0. The largest absolute Gasteiger partial charge is 0.478 e. The van der Waals surface area contributed by atoms with E-state index in [1.165, 1.54) is 12.3 Å². The summed E-state index contributed by atoms with van der Waals surface area (Å²) in [7, 11) is 0. The van der Waals surface area contributed by atoms with E-state index in [-0.39, 0.29) is 17.7 Å². The van der Waals surface area contributed by atoms with Gasteiger partial charge in [-0.15, -0.1) is 10.2 Å². The Hall–Kier alpha value is -3.06. The fourth-order valence-corrected chi connectivity index (χ4v) is 3.36. The van der Waals surface area contributed by atoms with Crippen molar-refractivity contribution in [2.24, 2.45) is 10.7 Å². The number of allylic oxidation sites excluding steroid dienone is 1. The Bertz CT molecular complexity index is 898. The van der Waals surface area contributed by atoms with Crippen molar-refractivity contribution in [3.8, 4) is 11.3 Å². The number of aliphatic hydroxyl groups excluding tert-OH is 1. The summed E-state index contributed by atoms with van der Waals surface area (Å²) < 4.78 is 0. The molecule has 1 fully saturated rings. The Balaban J connectivity index is 1.79. The zero-order valence-electron chi connectivity index (χ0n) is 15.7. The lowest BCUT2D eigenvalue weighted by Gasteiger charge is -2.23. The van der Waals surface area contributed by atoms with Crippen LogP contribution in [0.3, 0.4) is 0 Å². The number of hydrogen-bond acceptors (Lipinski definition) is 6. The molecule has 0 saturated heterocycles. The molecule has 0 atom stereocenters. The summed E-state index contributed by atoms with van der Waals surface area (Å²) in [6, 6.07) is 10.3. The number of carboxylic acids is 1. The Labute approximate surface area is 163 Å². The number of benzene rings is 1. The molecule has 0 spiro atoms. The third kappa shape index (κ3) is 4.61. The van der Waals surface area contributed by atoms with Gasteiger partial charge in [0.1, 0.15) is 0 Å². The predicted molar refractivity (Wildman–Crippen MR) is 108 cm³/mol. The minimum Gasteiger partial charge on any atom is -0.478 e. The highest BCUT2D eigenvalue weighted by atomic mass is 16.4. The van der Waals surface area contributed by atoms with Crippen LogP contribution in [-0.2, 0) is 0 Å². The summed E-state index contributed by atoms with van der Waals surface area (Å²) in [4.78, 5) is 15.9. The lowest BCUT2D eigenvalue weighted by atomic mass is 9.93. The number of rotatable bonds is 5. The van der Waals surface area contributed by atoms with Crippen molar-refractivity contribution in [3.05, 3.63) is 53.9 Å². The molecule has 1 aliphatic carbocycles. The van der Waals surface area contributed by atoms with E-state index in [0.717, 1.165) is 31.4 Å². The molecule has 0 unspecified atom stereocenters. The van der Waals surface area contributed by atoms with Crippen molar-refractivity contribution in [1.29, 1.82) is 0 Å². The average Bonchev–Trinajstić information content (AvgIpc) is 2.71. The van der Waals surface area contributed by atoms with E-state index in [1.807, 2.05) is 6.92 Å². The van der Waals surface area contributed by atoms with Crippen LogP contribution < -0.4 is 5.73 Å². The second-order valence-corrected chi connectivity index (χ2v) is 6.95. The molecule has 1 aromatic carbocycles. The highest BCUT2D eigenvalue weighted by Gasteiger charge is 2.19. The van der Waals surface area contributed by atoms with Gasteiger partial charge in [0.05, 0.1) is 29.1 Å². The van der Waals surface area contributed by atoms with Gasteiger partial charge in [0.2, 0.25) is 0 Å². The van der Waals surface area contributed by atoms with Crippen molar-refractivity contribution < 1.29 is 15.0 Å². The highest BCUT2D eigenvalue weighted by molar-refractivity contribution is 6.22. The summed E-state index contributed by atoms with van der Waals surface area (Å²) in [5.74, 6) is -0.984. The smallest absolute Gasteiger partial charge is 0.335 e. The van der Waals surface area contributed by atoms with Gasteiger partial charge in [-0.25, -0.2) is 4.79 Å². The van der Waals surface area contributed by atoms with Gasteiger partial charge >= 0.3 is 5.97 Å². The van der Waals surface area contributed by atoms with E-state index in [0.29, 0.717) is 22.5 Å². The van der Waals surface area contributed by atoms with Crippen molar-refractivity contribution in [1.82, 2.24) is 10.2 Å². The molecule has 1 heterocycles. The van der Waals surface area contributed by atoms with Gasteiger partial charge in [-0.2, -0.15) is 0 Å². The number of nitrogens with zero attached hydrogens (tertiary/aromatic N) is 3. The van der Waals surface area contributed by atoms with Crippen molar-refractivity contribution in [2.45, 2.75) is 44.8 Å². The van der Waals surface area contributed by atoms with Gasteiger partial charge in [-0.3, -0.25) is 4.99 Å². The van der Waals surface area contributed by atoms with Crippen LogP contribution in [0.4, 0.5) is 0 Å². The third-order valence-corrected chi connectivity index (χ3v) is 4.94. The molecule has 1 saturated carbocycles. The highest BCUT2D eigenvalue weighted by Crippen LogP contribution is 2.24. The minimum atomic E-state index is -0.984. The standard InChI is InChI=1S/C21H24N4O3/c1-13(23-16-5-7-17(26)8-6-16)18(12-22)20-10-9-19(24-25-20)14-3-2-4-15(11-14)21(27)28/h2-4,9-12,16-17,26H,5-8,22H2,1H3,(H,27,28)/b18-12+,23-13?. The Morgan fingerprint density at radius 3 is 2.54 bits per heavy atom. The van der Waals surface area contributed by atoms with Gasteiger partial charge in [0, 0.05) is 23.0 Å². The maximum Gasteiger partial charge on any atom is 0.335 e. The molecule has 28 heavy (non-hydrogen) atoms. The molecule has 0 radical (unpaired) electrons. The van der Waals surface area contributed by atoms with Crippen LogP contribution in [0.1, 0.15) is 48.7 Å². The van der Waals surface area contributed by atoms with Crippen LogP contribution in [-0.4, -0.2) is 44.2 Å². The fraction of sp³-hybridized carbons (Fsp3) is 0.333. The van der Waals surface area contributed by atoms with Crippen molar-refractivity contribution >= 4 is 17.3 Å². The van der Waals surface area contributed by atoms with E-state index in [1.54, 1.807) is 30.3 Å². The zero-order valence-corrected chi connectivity index (χ0v) is 15.7. The van der Waals surface area contributed by atoms with Crippen molar-refractivity contribution in [2.75, 3.05) is 0 Å². The Kier molecular flexibility index (Phi) is 6.16. The second kappa shape index (κ2) is 8.75. The molecule has 0 aliphatic heterocycles. The predicted octanol–water partition coefficient (Wildman–Crippen LogP) is 2.91. The van der Waals surface area contributed by atoms with E-state index in [4.69, 9.17) is 15.8 Å². The number of aliphatic imine (C=N–C) groups is 1. The van der Waals surface area contributed by atoms with Gasteiger partial charge < -0.3 is 15.9 Å². The first-order chi connectivity index (χ1) is 13.5. The molecule has 1 aliphatic rings. The number of aromatic nitrogens is 2. The molecule has 4 N–H and O–H groups in total. The molecule has 1 aromatic heterocycles. The average molecular weight is 380 g/mol. The molecule has 2 aromatic rings. The van der Waals surface area contributed by atoms with E-state index in [9.17, 15) is 9.90 Å². The monoisotopic (exact) mass is 380 g/mol. The number of carbonyl (C=O) groups is 1. The quantitative estimate of drug-likeness (QED) is 0.686. The molecule has 7 nitrogen and oxygen atoms in total. The minimum absolute atomic E-state index is 0.185. The Morgan fingerprint density at radius 2 is 1.93 bits per heavy atom. The van der Waals surface area contributed by atoms with Crippen LogP contribution in [0.2, 0.25) is 0 Å². The lowest BCUT2D eigenvalue weighted by Crippen LogP contribution is -2.21. The number of nitrogens with two attached hydrogens (primary N) is 1. The Morgan fingerprint density at radius 1 is 1.18 bits per heavy atom. The fourth-order valence-electron chi connectivity index (χ4n) is 3.36. The summed E-state index contributed by atoms with van der Waals surface area (Å²) in [5, 5.41) is 27.3. The molecule has 0 amide bonds. The van der Waals surface area contributed by atoms with Gasteiger partial charge in [0.15, 0.2) is 0 Å².